The van der Waals surface area contributed by atoms with Gasteiger partial charge in [-0.15, -0.1) is 0 Å². The highest BCUT2D eigenvalue weighted by Gasteiger charge is 2.27. The summed E-state index contributed by atoms with van der Waals surface area (Å²) in [6.07, 6.45) is 29.2. The summed E-state index contributed by atoms with van der Waals surface area (Å²) in [4.78, 5) is 35.6. The molecule has 1 unspecified atom stereocenters. The molecule has 0 aromatic carbocycles. The van der Waals surface area contributed by atoms with Crippen LogP contribution in [0.5, 0.6) is 0 Å². The van der Waals surface area contributed by atoms with Gasteiger partial charge in [0.2, 0.25) is 0 Å². The zero-order valence-electron chi connectivity index (χ0n) is 38.8. The van der Waals surface area contributed by atoms with Gasteiger partial charge in [0.25, 0.3) is 0 Å². The molecular formula is C48H83NO11P+. The minimum Gasteiger partial charge on any atom is -0.466 e. The van der Waals surface area contributed by atoms with Crippen molar-refractivity contribution in [1.82, 2.24) is 0 Å². The number of carbonyl (C=O) groups excluding carboxylic acids is 2. The number of hydrogen-bond donors (Lipinski definition) is 3. The number of aliphatic hydroxyl groups is 2. The molecule has 1 heterocycles. The first-order valence-electron chi connectivity index (χ1n) is 22.9. The number of allylic oxidation sites excluding steroid dienone is 5. The largest absolute Gasteiger partial charge is 0.472 e. The molecule has 0 fully saturated rings. The van der Waals surface area contributed by atoms with Gasteiger partial charge in [-0.1, -0.05) is 114 Å². The highest BCUT2D eigenvalue weighted by atomic mass is 31.2. The van der Waals surface area contributed by atoms with Gasteiger partial charge in [-0.2, -0.15) is 0 Å². The summed E-state index contributed by atoms with van der Waals surface area (Å²) in [7, 11) is 1.31. The summed E-state index contributed by atoms with van der Waals surface area (Å²) in [6.45, 7) is 8.29. The molecule has 0 saturated heterocycles. The molecule has 1 aromatic heterocycles. The molecule has 0 aliphatic carbocycles. The van der Waals surface area contributed by atoms with Crippen molar-refractivity contribution in [1.29, 1.82) is 0 Å². The predicted molar refractivity (Wildman–Crippen MR) is 244 cm³/mol. The number of rotatable bonds is 37. The van der Waals surface area contributed by atoms with E-state index in [0.717, 1.165) is 69.3 Å². The highest BCUT2D eigenvalue weighted by molar-refractivity contribution is 7.47. The molecule has 0 saturated carbocycles. The van der Waals surface area contributed by atoms with Crippen LogP contribution in [0.1, 0.15) is 152 Å². The van der Waals surface area contributed by atoms with Crippen molar-refractivity contribution < 1.29 is 56.7 Å². The molecule has 1 aromatic rings. The lowest BCUT2D eigenvalue weighted by Crippen LogP contribution is -2.37. The van der Waals surface area contributed by atoms with Crippen LogP contribution in [0.4, 0.5) is 0 Å². The summed E-state index contributed by atoms with van der Waals surface area (Å²) < 4.78 is 40.4. The van der Waals surface area contributed by atoms with E-state index in [1.165, 1.54) is 43.2 Å². The Hall–Kier alpha value is -2.83. The summed E-state index contributed by atoms with van der Waals surface area (Å²) in [5, 5.41) is 20.4. The first kappa shape index (κ1) is 56.2. The van der Waals surface area contributed by atoms with E-state index in [2.05, 4.69) is 33.8 Å². The zero-order valence-corrected chi connectivity index (χ0v) is 39.7. The Bertz CT molecular complexity index is 1490. The molecule has 350 valence electrons. The maximum atomic E-state index is 12.8. The molecule has 0 aliphatic heterocycles. The van der Waals surface area contributed by atoms with Crippen molar-refractivity contribution in [2.75, 3.05) is 47.5 Å². The number of esters is 2. The van der Waals surface area contributed by atoms with Crippen LogP contribution in [-0.4, -0.2) is 97.3 Å². The van der Waals surface area contributed by atoms with Crippen molar-refractivity contribution in [3.8, 4) is 0 Å². The van der Waals surface area contributed by atoms with E-state index in [0.29, 0.717) is 36.7 Å². The third-order valence-electron chi connectivity index (χ3n) is 10.3. The van der Waals surface area contributed by atoms with Gasteiger partial charge in [0.1, 0.15) is 31.3 Å². The second kappa shape index (κ2) is 33.7. The van der Waals surface area contributed by atoms with Gasteiger partial charge in [0.05, 0.1) is 40.0 Å². The van der Waals surface area contributed by atoms with Crippen LogP contribution in [0.2, 0.25) is 0 Å². The van der Waals surface area contributed by atoms with Gasteiger partial charge >= 0.3 is 19.8 Å². The van der Waals surface area contributed by atoms with Crippen LogP contribution < -0.4 is 0 Å². The second-order valence-corrected chi connectivity index (χ2v) is 18.5. The van der Waals surface area contributed by atoms with Gasteiger partial charge in [0, 0.05) is 25.7 Å². The van der Waals surface area contributed by atoms with E-state index in [9.17, 15) is 29.3 Å². The number of carbonyl (C=O) groups is 2. The SMILES string of the molecule is CCCCC/C=C\C[C@@H](O)/C=C/C=C/C=C\[C@@H](O)CCCC(=O)OC[C@H](COP(=O)(O)OCC[N+](C)(C)C)OC(=O)CCCCCCCCc1oc(CCCCC)c(C)c1C. The van der Waals surface area contributed by atoms with Crippen LogP contribution >= 0.6 is 7.82 Å². The van der Waals surface area contributed by atoms with Crippen LogP contribution in [0.15, 0.2) is 53.0 Å². The van der Waals surface area contributed by atoms with Gasteiger partial charge in [-0.3, -0.25) is 18.6 Å². The first-order valence-corrected chi connectivity index (χ1v) is 24.4. The summed E-state index contributed by atoms with van der Waals surface area (Å²) in [6, 6.07) is 0. The Morgan fingerprint density at radius 2 is 1.28 bits per heavy atom. The molecule has 0 radical (unpaired) electrons. The Labute approximate surface area is 368 Å². The Balaban J connectivity index is 2.49. The van der Waals surface area contributed by atoms with E-state index in [4.69, 9.17) is 22.9 Å². The normalized spacial score (nSPS) is 15.0. The van der Waals surface area contributed by atoms with E-state index >= 15 is 0 Å². The standard InChI is InChI=1S/C48H82NO11P/c1-8-10-12-13-16-22-28-42(50)29-23-19-20-24-30-43(51)31-27-35-47(52)56-38-44(39-58-61(54,55)57-37-36-49(5,6)7)59-48(53)34-26-18-15-14-17-25-33-46-41(4)40(3)45(60-46)32-21-11-9-2/h16,19-20,22-24,29-30,42-44,50-51H,8-15,17-18,21,25-28,31-39H2,1-7H3/p+1/b20-19+,22-16-,29-23+,30-24-/t42-,43-,44-/m1/s1. The number of ether oxygens (including phenoxy) is 2. The Morgan fingerprint density at radius 1 is 0.705 bits per heavy atom. The van der Waals surface area contributed by atoms with E-state index in [-0.39, 0.29) is 26.1 Å². The van der Waals surface area contributed by atoms with Crippen molar-refractivity contribution in [3.05, 3.63) is 71.3 Å². The zero-order chi connectivity index (χ0) is 45.4. The van der Waals surface area contributed by atoms with E-state index in [1.807, 2.05) is 27.2 Å². The van der Waals surface area contributed by atoms with Gasteiger partial charge in [-0.05, 0) is 76.3 Å². The molecule has 13 heteroatoms. The molecule has 4 atom stereocenters. The Kier molecular flexibility index (Phi) is 31.0. The van der Waals surface area contributed by atoms with E-state index in [1.54, 1.807) is 36.5 Å². The van der Waals surface area contributed by atoms with Crippen LogP contribution in [-0.2, 0) is 45.5 Å². The topological polar surface area (TPSA) is 162 Å². The number of aliphatic hydroxyl groups excluding tert-OH is 2. The van der Waals surface area contributed by atoms with Gasteiger partial charge in [-0.25, -0.2) is 4.57 Å². The number of nitrogens with zero attached hydrogens (tertiary/aromatic N) is 1. The molecular weight excluding hydrogens is 797 g/mol. The maximum Gasteiger partial charge on any atom is 0.472 e. The number of hydrogen-bond acceptors (Lipinski definition) is 10. The fourth-order valence-electron chi connectivity index (χ4n) is 6.27. The van der Waals surface area contributed by atoms with Crippen molar-refractivity contribution in [2.24, 2.45) is 0 Å². The number of furan rings is 1. The van der Waals surface area contributed by atoms with Crippen LogP contribution in [0.3, 0.4) is 0 Å². The molecule has 0 bridgehead atoms. The average Bonchev–Trinajstić information content (AvgIpc) is 3.46. The number of phosphoric acid groups is 1. The highest BCUT2D eigenvalue weighted by Crippen LogP contribution is 2.43. The summed E-state index contributed by atoms with van der Waals surface area (Å²) in [5.74, 6) is 1.17. The lowest BCUT2D eigenvalue weighted by Gasteiger charge is -2.24. The minimum absolute atomic E-state index is 0.0173. The maximum absolute atomic E-state index is 12.8. The lowest BCUT2D eigenvalue weighted by molar-refractivity contribution is -0.870. The van der Waals surface area contributed by atoms with Gasteiger partial charge < -0.3 is 33.5 Å². The number of quaternary nitrogens is 1. The third-order valence-corrected chi connectivity index (χ3v) is 11.2. The van der Waals surface area contributed by atoms with Crippen LogP contribution in [0.25, 0.3) is 0 Å². The fraction of sp³-hybridized carbons (Fsp3) is 0.708. The Morgan fingerprint density at radius 3 is 1.92 bits per heavy atom. The first-order chi connectivity index (χ1) is 29.1. The van der Waals surface area contributed by atoms with Gasteiger partial charge in [0.15, 0.2) is 6.10 Å². The predicted octanol–water partition coefficient (Wildman–Crippen LogP) is 10.3. The lowest BCUT2D eigenvalue weighted by atomic mass is 10.0. The third kappa shape index (κ3) is 30.8. The summed E-state index contributed by atoms with van der Waals surface area (Å²) >= 11 is 0. The number of aryl methyl sites for hydroxylation is 2. The monoisotopic (exact) mass is 881 g/mol. The quantitative estimate of drug-likeness (QED) is 0.0146. The minimum atomic E-state index is -4.45. The average molecular weight is 881 g/mol. The summed E-state index contributed by atoms with van der Waals surface area (Å²) in [5.41, 5.74) is 2.57. The van der Waals surface area contributed by atoms with Crippen molar-refractivity contribution in [3.63, 3.8) is 0 Å². The molecule has 61 heavy (non-hydrogen) atoms. The molecule has 3 N–H and O–H groups in total. The molecule has 1 rings (SSSR count). The molecule has 0 spiro atoms. The molecule has 0 amide bonds. The smallest absolute Gasteiger partial charge is 0.466 e. The van der Waals surface area contributed by atoms with E-state index < -0.39 is 44.7 Å². The number of likely N-dealkylation sites (N-methyl/N-ethyl adjacent to an activating group) is 1. The molecule has 12 nitrogen and oxygen atoms in total. The fourth-order valence-corrected chi connectivity index (χ4v) is 7.01. The van der Waals surface area contributed by atoms with Crippen molar-refractivity contribution >= 4 is 19.8 Å². The molecule has 0 aliphatic rings. The van der Waals surface area contributed by atoms with Crippen LogP contribution in [0, 0.1) is 13.8 Å². The van der Waals surface area contributed by atoms with Crippen molar-refractivity contribution in [2.45, 2.75) is 174 Å². The number of unbranched alkanes of at least 4 members (excludes halogenated alkanes) is 10. The second-order valence-electron chi connectivity index (χ2n) is 17.1. The number of phosphoric ester groups is 1.